The summed E-state index contributed by atoms with van der Waals surface area (Å²) in [6.07, 6.45) is 1.02. The van der Waals surface area contributed by atoms with Gasteiger partial charge in [0.05, 0.1) is 12.5 Å². The Balaban J connectivity index is 1.79. The molecule has 2 N–H and O–H groups in total. The van der Waals surface area contributed by atoms with Crippen molar-refractivity contribution in [2.75, 3.05) is 6.54 Å². The summed E-state index contributed by atoms with van der Waals surface area (Å²) in [5, 5.41) is 9.25. The smallest absolute Gasteiger partial charge is 0.225 e. The second-order valence-electron chi connectivity index (χ2n) is 4.19. The summed E-state index contributed by atoms with van der Waals surface area (Å²) in [5.41, 5.74) is 0.704. The molecule has 6 heteroatoms. The molecular formula is C11H15N3O3. The van der Waals surface area contributed by atoms with Gasteiger partial charge in [-0.1, -0.05) is 5.16 Å². The number of aromatic nitrogens is 1. The summed E-state index contributed by atoms with van der Waals surface area (Å²) in [6, 6.07) is 1.78. The number of hydrogen-bond acceptors (Lipinski definition) is 4. The Morgan fingerprint density at radius 1 is 1.71 bits per heavy atom. The maximum absolute atomic E-state index is 11.8. The first-order chi connectivity index (χ1) is 8.15. The highest BCUT2D eigenvalue weighted by Gasteiger charge is 2.24. The third-order valence-corrected chi connectivity index (χ3v) is 2.76. The van der Waals surface area contributed by atoms with Gasteiger partial charge in [-0.15, -0.1) is 0 Å². The lowest BCUT2D eigenvalue weighted by atomic mass is 9.98. The van der Waals surface area contributed by atoms with Gasteiger partial charge in [0, 0.05) is 19.0 Å². The van der Waals surface area contributed by atoms with E-state index in [0.717, 1.165) is 5.76 Å². The van der Waals surface area contributed by atoms with Crippen LogP contribution in [0.15, 0.2) is 10.6 Å². The van der Waals surface area contributed by atoms with Gasteiger partial charge in [0.1, 0.15) is 11.5 Å². The first-order valence-corrected chi connectivity index (χ1v) is 5.62. The van der Waals surface area contributed by atoms with E-state index in [1.165, 1.54) is 0 Å². The molecule has 2 amide bonds. The Hall–Kier alpha value is -1.85. The van der Waals surface area contributed by atoms with Crippen LogP contribution in [-0.4, -0.2) is 23.5 Å². The standard InChI is InChI=1S/C11H15N3O3/c1-7-4-9(14-17-7)6-13-11(16)8-2-3-10(15)12-5-8/h4,8H,2-3,5-6H2,1H3,(H,12,15)(H,13,16). The maximum atomic E-state index is 11.8. The van der Waals surface area contributed by atoms with Gasteiger partial charge in [-0.25, -0.2) is 0 Å². The second-order valence-corrected chi connectivity index (χ2v) is 4.19. The third-order valence-electron chi connectivity index (χ3n) is 2.76. The molecule has 1 saturated heterocycles. The van der Waals surface area contributed by atoms with Crippen molar-refractivity contribution >= 4 is 11.8 Å². The number of aryl methyl sites for hydroxylation is 1. The zero-order chi connectivity index (χ0) is 12.3. The van der Waals surface area contributed by atoms with E-state index in [-0.39, 0.29) is 17.7 Å². The van der Waals surface area contributed by atoms with E-state index in [1.807, 2.05) is 0 Å². The highest BCUT2D eigenvalue weighted by molar-refractivity contribution is 5.83. The van der Waals surface area contributed by atoms with Crippen molar-refractivity contribution in [3.8, 4) is 0 Å². The molecule has 2 rings (SSSR count). The molecule has 2 heterocycles. The minimum absolute atomic E-state index is 0.0150. The first-order valence-electron chi connectivity index (χ1n) is 5.62. The predicted molar refractivity (Wildman–Crippen MR) is 58.8 cm³/mol. The molecule has 1 unspecified atom stereocenters. The van der Waals surface area contributed by atoms with Crippen LogP contribution in [0.3, 0.4) is 0 Å². The molecule has 92 valence electrons. The normalized spacial score (nSPS) is 19.8. The quantitative estimate of drug-likeness (QED) is 0.782. The molecule has 1 aromatic rings. The minimum atomic E-state index is -0.138. The molecule has 1 aromatic heterocycles. The van der Waals surface area contributed by atoms with E-state index < -0.39 is 0 Å². The molecule has 1 aliphatic heterocycles. The van der Waals surface area contributed by atoms with Crippen LogP contribution in [0.2, 0.25) is 0 Å². The fraction of sp³-hybridized carbons (Fsp3) is 0.545. The summed E-state index contributed by atoms with van der Waals surface area (Å²) >= 11 is 0. The SMILES string of the molecule is Cc1cc(CNC(=O)C2CCC(=O)NC2)no1. The van der Waals surface area contributed by atoms with Gasteiger partial charge in [-0.2, -0.15) is 0 Å². The Kier molecular flexibility index (Phi) is 3.41. The molecule has 1 aliphatic rings. The average molecular weight is 237 g/mol. The van der Waals surface area contributed by atoms with E-state index in [9.17, 15) is 9.59 Å². The number of amides is 2. The molecule has 1 fully saturated rings. The minimum Gasteiger partial charge on any atom is -0.361 e. The fourth-order valence-corrected chi connectivity index (χ4v) is 1.78. The average Bonchev–Trinajstić information content (AvgIpc) is 2.73. The van der Waals surface area contributed by atoms with Gasteiger partial charge < -0.3 is 15.2 Å². The topological polar surface area (TPSA) is 84.2 Å². The Bertz CT molecular complexity index is 417. The summed E-state index contributed by atoms with van der Waals surface area (Å²) < 4.78 is 4.90. The predicted octanol–water partition coefficient (Wildman–Crippen LogP) is 0.125. The summed E-state index contributed by atoms with van der Waals surface area (Å²) in [7, 11) is 0. The van der Waals surface area contributed by atoms with E-state index in [0.29, 0.717) is 31.6 Å². The zero-order valence-corrected chi connectivity index (χ0v) is 9.66. The van der Waals surface area contributed by atoms with Crippen LogP contribution in [0.4, 0.5) is 0 Å². The van der Waals surface area contributed by atoms with Crippen LogP contribution in [0, 0.1) is 12.8 Å². The first kappa shape index (κ1) is 11.6. The Morgan fingerprint density at radius 3 is 3.12 bits per heavy atom. The van der Waals surface area contributed by atoms with Gasteiger partial charge in [0.25, 0.3) is 0 Å². The number of hydrogen-bond donors (Lipinski definition) is 2. The number of nitrogens with zero attached hydrogens (tertiary/aromatic N) is 1. The van der Waals surface area contributed by atoms with Crippen molar-refractivity contribution in [3.05, 3.63) is 17.5 Å². The summed E-state index contributed by atoms with van der Waals surface area (Å²) in [4.78, 5) is 22.7. The molecule has 0 aromatic carbocycles. The van der Waals surface area contributed by atoms with Crippen LogP contribution in [0.5, 0.6) is 0 Å². The van der Waals surface area contributed by atoms with Crippen LogP contribution < -0.4 is 10.6 Å². The molecule has 0 saturated carbocycles. The molecular weight excluding hydrogens is 222 g/mol. The maximum Gasteiger partial charge on any atom is 0.225 e. The number of carbonyl (C=O) groups excluding carboxylic acids is 2. The van der Waals surface area contributed by atoms with Crippen molar-refractivity contribution in [1.29, 1.82) is 0 Å². The van der Waals surface area contributed by atoms with Gasteiger partial charge in [-0.3, -0.25) is 9.59 Å². The Morgan fingerprint density at radius 2 is 2.53 bits per heavy atom. The molecule has 17 heavy (non-hydrogen) atoms. The van der Waals surface area contributed by atoms with Crippen molar-refractivity contribution in [3.63, 3.8) is 0 Å². The van der Waals surface area contributed by atoms with Crippen LogP contribution >= 0.6 is 0 Å². The number of carbonyl (C=O) groups is 2. The molecule has 6 nitrogen and oxygen atoms in total. The van der Waals surface area contributed by atoms with Crippen LogP contribution in [0.25, 0.3) is 0 Å². The largest absolute Gasteiger partial charge is 0.361 e. The van der Waals surface area contributed by atoms with Crippen molar-refractivity contribution < 1.29 is 14.1 Å². The lowest BCUT2D eigenvalue weighted by molar-refractivity contribution is -0.129. The molecule has 0 spiro atoms. The number of piperidine rings is 1. The van der Waals surface area contributed by atoms with Gasteiger partial charge in [0.2, 0.25) is 11.8 Å². The number of rotatable bonds is 3. The lowest BCUT2D eigenvalue weighted by Crippen LogP contribution is -2.42. The molecule has 1 atom stereocenters. The van der Waals surface area contributed by atoms with Crippen molar-refractivity contribution in [2.24, 2.45) is 5.92 Å². The zero-order valence-electron chi connectivity index (χ0n) is 9.66. The summed E-state index contributed by atoms with van der Waals surface area (Å²) in [6.45, 7) is 2.58. The van der Waals surface area contributed by atoms with Crippen molar-refractivity contribution in [1.82, 2.24) is 15.8 Å². The van der Waals surface area contributed by atoms with Gasteiger partial charge >= 0.3 is 0 Å². The van der Waals surface area contributed by atoms with E-state index in [2.05, 4.69) is 15.8 Å². The fourth-order valence-electron chi connectivity index (χ4n) is 1.78. The van der Waals surface area contributed by atoms with Gasteiger partial charge in [-0.05, 0) is 13.3 Å². The number of nitrogens with one attached hydrogen (secondary N) is 2. The monoisotopic (exact) mass is 237 g/mol. The van der Waals surface area contributed by atoms with Crippen LogP contribution in [0.1, 0.15) is 24.3 Å². The summed E-state index contributed by atoms with van der Waals surface area (Å²) in [5.74, 6) is 0.548. The van der Waals surface area contributed by atoms with E-state index in [1.54, 1.807) is 13.0 Å². The molecule has 0 aliphatic carbocycles. The second kappa shape index (κ2) is 4.99. The highest BCUT2D eigenvalue weighted by atomic mass is 16.5. The molecule has 0 bridgehead atoms. The molecule has 0 radical (unpaired) electrons. The Labute approximate surface area is 98.7 Å². The highest BCUT2D eigenvalue weighted by Crippen LogP contribution is 2.11. The van der Waals surface area contributed by atoms with E-state index in [4.69, 9.17) is 4.52 Å². The van der Waals surface area contributed by atoms with Crippen LogP contribution in [-0.2, 0) is 16.1 Å². The van der Waals surface area contributed by atoms with Crippen molar-refractivity contribution in [2.45, 2.75) is 26.3 Å². The van der Waals surface area contributed by atoms with E-state index >= 15 is 0 Å². The van der Waals surface area contributed by atoms with Gasteiger partial charge in [0.15, 0.2) is 0 Å². The lowest BCUT2D eigenvalue weighted by Gasteiger charge is -2.21. The third kappa shape index (κ3) is 3.05.